The Hall–Kier alpha value is -4.39. The Kier molecular flexibility index (Phi) is 4.13. The van der Waals surface area contributed by atoms with E-state index in [0.29, 0.717) is 22.3 Å². The van der Waals surface area contributed by atoms with Crippen molar-refractivity contribution in [2.75, 3.05) is 9.80 Å². The summed E-state index contributed by atoms with van der Waals surface area (Å²) in [7, 11) is 0. The predicted octanol–water partition coefficient (Wildman–Crippen LogP) is 4.02. The van der Waals surface area contributed by atoms with Crippen molar-refractivity contribution in [1.82, 2.24) is 9.97 Å². The van der Waals surface area contributed by atoms with Crippen molar-refractivity contribution in [2.45, 2.75) is 19.4 Å². The van der Waals surface area contributed by atoms with E-state index in [-0.39, 0.29) is 23.3 Å². The average Bonchev–Trinajstić information content (AvgIpc) is 3.30. The van der Waals surface area contributed by atoms with Gasteiger partial charge in [0, 0.05) is 17.3 Å². The summed E-state index contributed by atoms with van der Waals surface area (Å²) < 4.78 is 0. The molecule has 0 radical (unpaired) electrons. The van der Waals surface area contributed by atoms with Crippen molar-refractivity contribution in [2.24, 2.45) is 0 Å². The first-order valence-corrected chi connectivity index (χ1v) is 10.7. The van der Waals surface area contributed by atoms with E-state index in [1.165, 1.54) is 0 Å². The van der Waals surface area contributed by atoms with Gasteiger partial charge in [0.05, 0.1) is 16.7 Å². The van der Waals surface area contributed by atoms with Gasteiger partial charge in [-0.3, -0.25) is 14.4 Å². The molecule has 0 aliphatic carbocycles. The van der Waals surface area contributed by atoms with Crippen LogP contribution in [0.25, 0.3) is 11.0 Å². The third-order valence-corrected chi connectivity index (χ3v) is 6.18. The Morgan fingerprint density at radius 3 is 2.03 bits per heavy atom. The molecule has 7 nitrogen and oxygen atoms in total. The van der Waals surface area contributed by atoms with E-state index in [9.17, 15) is 14.4 Å². The second-order valence-electron chi connectivity index (χ2n) is 8.26. The minimum atomic E-state index is -0.519. The number of hydrogen-bond acceptors (Lipinski definition) is 5. The fraction of sp³-hybridized carbons (Fsp3) is 0.115. The molecule has 0 fully saturated rings. The lowest BCUT2D eigenvalue weighted by atomic mass is 10.1. The number of amides is 3. The van der Waals surface area contributed by atoms with Crippen LogP contribution in [0.5, 0.6) is 0 Å². The molecule has 3 heterocycles. The van der Waals surface area contributed by atoms with Gasteiger partial charge in [-0.05, 0) is 61.4 Å². The zero-order valence-corrected chi connectivity index (χ0v) is 17.7. The Morgan fingerprint density at radius 1 is 0.818 bits per heavy atom. The minimum Gasteiger partial charge on any atom is -0.305 e. The first-order valence-electron chi connectivity index (χ1n) is 10.7. The van der Waals surface area contributed by atoms with Gasteiger partial charge in [-0.25, -0.2) is 14.9 Å². The topological polar surface area (TPSA) is 83.5 Å². The highest BCUT2D eigenvalue weighted by atomic mass is 16.2. The minimum absolute atomic E-state index is 0.0429. The zero-order chi connectivity index (χ0) is 22.7. The van der Waals surface area contributed by atoms with Gasteiger partial charge >= 0.3 is 0 Å². The van der Waals surface area contributed by atoms with Crippen molar-refractivity contribution < 1.29 is 14.4 Å². The normalized spacial score (nSPS) is 16.9. The van der Waals surface area contributed by atoms with Crippen LogP contribution in [0.4, 0.5) is 11.4 Å². The SMILES string of the molecule is C[C@@H]1Cc2ccccc2N1C(=O)c1ccc(N2C(=O)c3nc4ccccc4nc3C2=O)cc1. The summed E-state index contributed by atoms with van der Waals surface area (Å²) in [5, 5.41) is 0. The van der Waals surface area contributed by atoms with Gasteiger partial charge in [0.25, 0.3) is 17.7 Å². The lowest BCUT2D eigenvalue weighted by Crippen LogP contribution is -2.35. The Labute approximate surface area is 189 Å². The highest BCUT2D eigenvalue weighted by Gasteiger charge is 2.40. The summed E-state index contributed by atoms with van der Waals surface area (Å²) in [6.45, 7) is 2.02. The molecule has 7 heteroatoms. The maximum Gasteiger partial charge on any atom is 0.286 e. The second kappa shape index (κ2) is 7.06. The fourth-order valence-corrected chi connectivity index (χ4v) is 4.60. The van der Waals surface area contributed by atoms with Gasteiger partial charge < -0.3 is 4.90 Å². The van der Waals surface area contributed by atoms with Crippen molar-refractivity contribution in [3.63, 3.8) is 0 Å². The zero-order valence-electron chi connectivity index (χ0n) is 17.7. The number of anilines is 2. The largest absolute Gasteiger partial charge is 0.305 e. The van der Waals surface area contributed by atoms with Crippen LogP contribution in [0.3, 0.4) is 0 Å². The molecule has 0 saturated heterocycles. The molecule has 2 aliphatic heterocycles. The number of rotatable bonds is 2. The fourth-order valence-electron chi connectivity index (χ4n) is 4.60. The van der Waals surface area contributed by atoms with E-state index in [1.54, 1.807) is 53.4 Å². The van der Waals surface area contributed by atoms with E-state index in [0.717, 1.165) is 22.6 Å². The van der Waals surface area contributed by atoms with Crippen molar-refractivity contribution in [3.05, 3.63) is 95.3 Å². The molecule has 0 unspecified atom stereocenters. The molecule has 0 N–H and O–H groups in total. The molecule has 4 aromatic rings. The number of fused-ring (bicyclic) bond motifs is 3. The van der Waals surface area contributed by atoms with Crippen LogP contribution >= 0.6 is 0 Å². The first-order chi connectivity index (χ1) is 16.0. The molecule has 3 amide bonds. The standard InChI is InChI=1S/C26H18N4O3/c1-15-14-17-6-2-5-9-21(17)29(15)24(31)16-10-12-18(13-11-16)30-25(32)22-23(26(30)33)28-20-8-4-3-7-19(20)27-22/h2-13,15H,14H2,1H3/t15-/m1/s1. The third-order valence-electron chi connectivity index (χ3n) is 6.18. The number of para-hydroxylation sites is 3. The Morgan fingerprint density at radius 2 is 1.39 bits per heavy atom. The summed E-state index contributed by atoms with van der Waals surface area (Å²) in [6, 6.07) is 21.6. The highest BCUT2D eigenvalue weighted by molar-refractivity contribution is 6.33. The highest BCUT2D eigenvalue weighted by Crippen LogP contribution is 2.34. The van der Waals surface area contributed by atoms with Crippen molar-refractivity contribution >= 4 is 40.1 Å². The average molecular weight is 434 g/mol. The van der Waals surface area contributed by atoms with Gasteiger partial charge in [0.1, 0.15) is 0 Å². The van der Waals surface area contributed by atoms with Gasteiger partial charge in [-0.2, -0.15) is 0 Å². The number of carbonyl (C=O) groups excluding carboxylic acids is 3. The number of imide groups is 1. The summed E-state index contributed by atoms with van der Waals surface area (Å²) in [6.07, 6.45) is 0.809. The maximum atomic E-state index is 13.3. The van der Waals surface area contributed by atoms with Crippen LogP contribution in [0.1, 0.15) is 43.8 Å². The van der Waals surface area contributed by atoms with E-state index >= 15 is 0 Å². The van der Waals surface area contributed by atoms with Crippen LogP contribution < -0.4 is 9.80 Å². The van der Waals surface area contributed by atoms with Crippen molar-refractivity contribution in [3.8, 4) is 0 Å². The van der Waals surface area contributed by atoms with E-state index in [4.69, 9.17) is 0 Å². The van der Waals surface area contributed by atoms with Crippen LogP contribution in [0.15, 0.2) is 72.8 Å². The molecule has 3 aromatic carbocycles. The monoisotopic (exact) mass is 434 g/mol. The predicted molar refractivity (Wildman–Crippen MR) is 124 cm³/mol. The number of aromatic nitrogens is 2. The quantitative estimate of drug-likeness (QED) is 0.445. The van der Waals surface area contributed by atoms with Crippen LogP contribution in [0, 0.1) is 0 Å². The van der Waals surface area contributed by atoms with Crippen LogP contribution in [0.2, 0.25) is 0 Å². The lowest BCUT2D eigenvalue weighted by molar-refractivity contribution is 0.0922. The lowest BCUT2D eigenvalue weighted by Gasteiger charge is -2.23. The second-order valence-corrected chi connectivity index (χ2v) is 8.26. The summed E-state index contributed by atoms with van der Waals surface area (Å²) in [4.78, 5) is 50.8. The number of hydrogen-bond donors (Lipinski definition) is 0. The molecule has 33 heavy (non-hydrogen) atoms. The Balaban J connectivity index is 1.31. The molecule has 1 aromatic heterocycles. The molecule has 0 bridgehead atoms. The van der Waals surface area contributed by atoms with E-state index < -0.39 is 11.8 Å². The molecule has 6 rings (SSSR count). The smallest absolute Gasteiger partial charge is 0.286 e. The molecular weight excluding hydrogens is 416 g/mol. The molecule has 1 atom stereocenters. The van der Waals surface area contributed by atoms with E-state index in [2.05, 4.69) is 9.97 Å². The molecular formula is C26H18N4O3. The molecule has 2 aliphatic rings. The first kappa shape index (κ1) is 19.3. The van der Waals surface area contributed by atoms with Gasteiger partial charge in [0.15, 0.2) is 11.4 Å². The molecule has 160 valence electrons. The van der Waals surface area contributed by atoms with Crippen LogP contribution in [-0.4, -0.2) is 33.7 Å². The molecule has 0 spiro atoms. The maximum absolute atomic E-state index is 13.3. The third kappa shape index (κ3) is 2.86. The number of benzene rings is 3. The van der Waals surface area contributed by atoms with Crippen molar-refractivity contribution in [1.29, 1.82) is 0 Å². The molecule has 0 saturated carbocycles. The summed E-state index contributed by atoms with van der Waals surface area (Å²) in [5.74, 6) is -1.15. The van der Waals surface area contributed by atoms with Crippen LogP contribution in [-0.2, 0) is 6.42 Å². The van der Waals surface area contributed by atoms with E-state index in [1.807, 2.05) is 31.2 Å². The summed E-state index contributed by atoms with van der Waals surface area (Å²) >= 11 is 0. The number of carbonyl (C=O) groups is 3. The van der Waals surface area contributed by atoms with Gasteiger partial charge in [0.2, 0.25) is 0 Å². The van der Waals surface area contributed by atoms with Gasteiger partial charge in [-0.15, -0.1) is 0 Å². The van der Waals surface area contributed by atoms with Gasteiger partial charge in [-0.1, -0.05) is 30.3 Å². The number of nitrogens with zero attached hydrogens (tertiary/aromatic N) is 4. The Bertz CT molecular complexity index is 1420. The summed E-state index contributed by atoms with van der Waals surface area (Å²) in [5.41, 5.74) is 4.13.